The minimum Gasteiger partial charge on any atom is -0.470 e. The van der Waals surface area contributed by atoms with Crippen molar-refractivity contribution in [2.45, 2.75) is 57.7 Å². The summed E-state index contributed by atoms with van der Waals surface area (Å²) in [7, 11) is 0. The van der Waals surface area contributed by atoms with Gasteiger partial charge in [0.25, 0.3) is 5.90 Å². The van der Waals surface area contributed by atoms with Crippen molar-refractivity contribution in [2.24, 2.45) is 5.16 Å². The SMILES string of the molecule is CC(=O)Oc1ccc(C2(C(=O)Oc3ccc(/C(=N\OCc4ccccc4)OCc4ccccc4)cc3)CCCCC2)cc1. The Kier molecular flexibility index (Phi) is 9.85. The molecular weight excluding hydrogens is 542 g/mol. The number of hydrogen-bond donors (Lipinski definition) is 0. The molecule has 0 unspecified atom stereocenters. The molecule has 1 saturated carbocycles. The van der Waals surface area contributed by atoms with E-state index in [1.54, 1.807) is 36.4 Å². The third-order valence-corrected chi connectivity index (χ3v) is 7.52. The van der Waals surface area contributed by atoms with Crippen LogP contribution in [0.25, 0.3) is 0 Å². The van der Waals surface area contributed by atoms with Gasteiger partial charge in [0.15, 0.2) is 0 Å². The second-order valence-corrected chi connectivity index (χ2v) is 10.6. The van der Waals surface area contributed by atoms with Crippen LogP contribution in [0.4, 0.5) is 0 Å². The Bertz CT molecular complexity index is 1510. The average molecular weight is 578 g/mol. The van der Waals surface area contributed by atoms with E-state index < -0.39 is 5.41 Å². The van der Waals surface area contributed by atoms with Crippen molar-refractivity contribution in [2.75, 3.05) is 0 Å². The Hall–Kier alpha value is -4.91. The molecule has 43 heavy (non-hydrogen) atoms. The maximum Gasteiger partial charge on any atom is 0.321 e. The van der Waals surface area contributed by atoms with Gasteiger partial charge in [-0.15, -0.1) is 0 Å². The lowest BCUT2D eigenvalue weighted by Gasteiger charge is -2.35. The highest BCUT2D eigenvalue weighted by Crippen LogP contribution is 2.41. The van der Waals surface area contributed by atoms with Crippen LogP contribution in [0.3, 0.4) is 0 Å². The topological polar surface area (TPSA) is 83.4 Å². The second-order valence-electron chi connectivity index (χ2n) is 10.6. The van der Waals surface area contributed by atoms with Crippen LogP contribution in [0.5, 0.6) is 11.5 Å². The minimum absolute atomic E-state index is 0.291. The summed E-state index contributed by atoms with van der Waals surface area (Å²) in [6, 6.07) is 33.9. The van der Waals surface area contributed by atoms with Crippen LogP contribution in [0.15, 0.2) is 114 Å². The molecule has 7 nitrogen and oxygen atoms in total. The first-order chi connectivity index (χ1) is 21.0. The van der Waals surface area contributed by atoms with Crippen molar-refractivity contribution in [3.05, 3.63) is 131 Å². The Balaban J connectivity index is 1.31. The van der Waals surface area contributed by atoms with Gasteiger partial charge < -0.3 is 19.0 Å². The number of hydrogen-bond acceptors (Lipinski definition) is 7. The van der Waals surface area contributed by atoms with Gasteiger partial charge in [0, 0.05) is 12.5 Å². The van der Waals surface area contributed by atoms with Crippen LogP contribution in [-0.2, 0) is 37.8 Å². The molecule has 4 aromatic rings. The van der Waals surface area contributed by atoms with Gasteiger partial charge in [-0.05, 0) is 71.1 Å². The summed E-state index contributed by atoms with van der Waals surface area (Å²) in [6.45, 7) is 1.99. The van der Waals surface area contributed by atoms with E-state index in [4.69, 9.17) is 19.0 Å². The van der Waals surface area contributed by atoms with E-state index in [2.05, 4.69) is 5.16 Å². The molecule has 0 saturated heterocycles. The monoisotopic (exact) mass is 577 g/mol. The lowest BCUT2D eigenvalue weighted by molar-refractivity contribution is -0.142. The first kappa shape index (κ1) is 29.6. The molecule has 7 heteroatoms. The summed E-state index contributed by atoms with van der Waals surface area (Å²) in [4.78, 5) is 30.7. The molecule has 4 aromatic carbocycles. The van der Waals surface area contributed by atoms with Gasteiger partial charge in [-0.25, -0.2) is 0 Å². The lowest BCUT2D eigenvalue weighted by atomic mass is 9.69. The van der Waals surface area contributed by atoms with Gasteiger partial charge in [-0.1, -0.05) is 92.1 Å². The van der Waals surface area contributed by atoms with Gasteiger partial charge >= 0.3 is 11.9 Å². The van der Waals surface area contributed by atoms with E-state index in [9.17, 15) is 9.59 Å². The van der Waals surface area contributed by atoms with E-state index >= 15 is 0 Å². The number of benzene rings is 4. The number of rotatable bonds is 10. The van der Waals surface area contributed by atoms with E-state index in [1.807, 2.05) is 72.8 Å². The molecule has 0 radical (unpaired) electrons. The summed E-state index contributed by atoms with van der Waals surface area (Å²) in [5.74, 6) is 0.535. The number of nitrogens with zero attached hydrogens (tertiary/aromatic N) is 1. The third-order valence-electron chi connectivity index (χ3n) is 7.52. The van der Waals surface area contributed by atoms with Crippen molar-refractivity contribution < 1.29 is 28.6 Å². The molecule has 0 N–H and O–H groups in total. The third kappa shape index (κ3) is 7.89. The first-order valence-electron chi connectivity index (χ1n) is 14.5. The molecule has 5 rings (SSSR count). The number of oxime groups is 1. The molecular formula is C36H35NO6. The number of ether oxygens (including phenoxy) is 3. The molecule has 0 bridgehead atoms. The summed E-state index contributed by atoms with van der Waals surface area (Å²) in [5, 5.41) is 4.30. The van der Waals surface area contributed by atoms with E-state index in [0.29, 0.717) is 49.0 Å². The predicted octanol–water partition coefficient (Wildman–Crippen LogP) is 7.51. The maximum absolute atomic E-state index is 13.7. The van der Waals surface area contributed by atoms with Gasteiger partial charge in [0.05, 0.1) is 5.41 Å². The smallest absolute Gasteiger partial charge is 0.321 e. The molecule has 1 aliphatic carbocycles. The maximum atomic E-state index is 13.7. The average Bonchev–Trinajstić information content (AvgIpc) is 3.04. The van der Waals surface area contributed by atoms with Crippen LogP contribution >= 0.6 is 0 Å². The molecule has 1 aliphatic rings. The van der Waals surface area contributed by atoms with Crippen molar-refractivity contribution in [3.63, 3.8) is 0 Å². The van der Waals surface area contributed by atoms with Crippen molar-refractivity contribution in [3.8, 4) is 11.5 Å². The molecule has 1 fully saturated rings. The molecule has 0 aromatic heterocycles. The fraction of sp³-hybridized carbons (Fsp3) is 0.250. The van der Waals surface area contributed by atoms with Gasteiger partial charge in [-0.2, -0.15) is 0 Å². The molecule has 0 amide bonds. The normalized spacial score (nSPS) is 14.4. The van der Waals surface area contributed by atoms with Crippen LogP contribution in [0.2, 0.25) is 0 Å². The summed E-state index contributed by atoms with van der Waals surface area (Å²) < 4.78 is 17.2. The zero-order valence-electron chi connectivity index (χ0n) is 24.2. The van der Waals surface area contributed by atoms with Gasteiger partial charge in [0.1, 0.15) is 24.7 Å². The van der Waals surface area contributed by atoms with Crippen LogP contribution in [-0.4, -0.2) is 17.8 Å². The fourth-order valence-corrected chi connectivity index (χ4v) is 5.27. The summed E-state index contributed by atoms with van der Waals surface area (Å²) in [5.41, 5.74) is 2.79. The Morgan fingerprint density at radius 2 is 1.23 bits per heavy atom. The van der Waals surface area contributed by atoms with Crippen LogP contribution in [0, 0.1) is 0 Å². The second kappa shape index (κ2) is 14.3. The molecule has 0 heterocycles. The van der Waals surface area contributed by atoms with Gasteiger partial charge in [0.2, 0.25) is 0 Å². The highest BCUT2D eigenvalue weighted by Gasteiger charge is 2.43. The van der Waals surface area contributed by atoms with E-state index in [1.165, 1.54) is 6.92 Å². The Labute approximate surface area is 252 Å². The van der Waals surface area contributed by atoms with Crippen LogP contribution < -0.4 is 9.47 Å². The molecule has 0 spiro atoms. The standard InChI is InChI=1S/C36H35NO6/c1-27(38)42-32-21-17-31(18-22-32)36(23-9-4-10-24-36)35(39)43-33-19-15-30(16-20-33)34(40-25-28-11-5-2-6-12-28)37-41-26-29-13-7-3-8-14-29/h2-3,5-8,11-22H,4,9-10,23-26H2,1H3/b37-34+. The van der Waals surface area contributed by atoms with Gasteiger partial charge in [-0.3, -0.25) is 9.59 Å². The Morgan fingerprint density at radius 1 is 0.674 bits per heavy atom. The summed E-state index contributed by atoms with van der Waals surface area (Å²) in [6.07, 6.45) is 4.33. The molecule has 0 aliphatic heterocycles. The summed E-state index contributed by atoms with van der Waals surface area (Å²) >= 11 is 0. The van der Waals surface area contributed by atoms with E-state index in [-0.39, 0.29) is 11.9 Å². The number of carbonyl (C=O) groups excluding carboxylic acids is 2. The zero-order valence-corrected chi connectivity index (χ0v) is 24.2. The van der Waals surface area contributed by atoms with Crippen LogP contribution in [0.1, 0.15) is 61.3 Å². The van der Waals surface area contributed by atoms with Crippen molar-refractivity contribution >= 4 is 17.8 Å². The number of esters is 2. The lowest BCUT2D eigenvalue weighted by Crippen LogP contribution is -2.41. The first-order valence-corrected chi connectivity index (χ1v) is 14.5. The quantitative estimate of drug-likeness (QED) is 0.0638. The number of carbonyl (C=O) groups is 2. The fourth-order valence-electron chi connectivity index (χ4n) is 5.27. The Morgan fingerprint density at radius 3 is 1.84 bits per heavy atom. The highest BCUT2D eigenvalue weighted by molar-refractivity contribution is 5.94. The highest BCUT2D eigenvalue weighted by atomic mass is 16.6. The van der Waals surface area contributed by atoms with Crippen molar-refractivity contribution in [1.82, 2.24) is 0 Å². The molecule has 220 valence electrons. The minimum atomic E-state index is -0.762. The zero-order chi connectivity index (χ0) is 29.9. The largest absolute Gasteiger partial charge is 0.470 e. The molecule has 0 atom stereocenters. The van der Waals surface area contributed by atoms with Crippen molar-refractivity contribution in [1.29, 1.82) is 0 Å². The van der Waals surface area contributed by atoms with E-state index in [0.717, 1.165) is 36.0 Å². The predicted molar refractivity (Wildman–Crippen MR) is 164 cm³/mol.